The maximum absolute atomic E-state index is 9.73. The molecule has 0 aliphatic rings. The summed E-state index contributed by atoms with van der Waals surface area (Å²) in [6, 6.07) is 7.71. The van der Waals surface area contributed by atoms with E-state index in [0.717, 1.165) is 12.0 Å². The summed E-state index contributed by atoms with van der Waals surface area (Å²) in [4.78, 5) is 0. The van der Waals surface area contributed by atoms with Gasteiger partial charge < -0.3 is 15.9 Å². The Hall–Kier alpha value is -0.900. The number of aliphatic hydroxyl groups is 2. The van der Waals surface area contributed by atoms with Crippen LogP contribution < -0.4 is 5.73 Å². The molecular weight excluding hydrogens is 202 g/mol. The van der Waals surface area contributed by atoms with E-state index >= 15 is 0 Å². The van der Waals surface area contributed by atoms with Crippen LogP contribution in [-0.2, 0) is 6.42 Å². The van der Waals surface area contributed by atoms with Crippen molar-refractivity contribution in [3.05, 3.63) is 35.4 Å². The Morgan fingerprint density at radius 2 is 1.81 bits per heavy atom. The van der Waals surface area contributed by atoms with Gasteiger partial charge in [-0.05, 0) is 24.0 Å². The summed E-state index contributed by atoms with van der Waals surface area (Å²) in [6.45, 7) is 2.23. The van der Waals surface area contributed by atoms with Crippen LogP contribution in [0.2, 0.25) is 0 Å². The number of aliphatic hydroxyl groups excluding tert-OH is 2. The lowest BCUT2D eigenvalue weighted by molar-refractivity contribution is 0.0243. The van der Waals surface area contributed by atoms with E-state index in [1.165, 1.54) is 18.4 Å². The molecule has 16 heavy (non-hydrogen) atoms. The maximum Gasteiger partial charge on any atom is 0.106 e. The van der Waals surface area contributed by atoms with Crippen molar-refractivity contribution in [3.8, 4) is 0 Å². The standard InChI is InChI=1S/C13H21NO2/c1-2-3-4-10-5-7-11(8-6-10)13(16)12(15)9-14/h5-8,12-13,15-16H,2-4,9,14H2,1H3. The quantitative estimate of drug-likeness (QED) is 0.682. The number of rotatable bonds is 6. The average Bonchev–Trinajstić information content (AvgIpc) is 2.35. The van der Waals surface area contributed by atoms with Gasteiger partial charge in [-0.2, -0.15) is 0 Å². The van der Waals surface area contributed by atoms with Crippen LogP contribution in [0.15, 0.2) is 24.3 Å². The molecule has 0 saturated carbocycles. The normalized spacial score (nSPS) is 14.8. The number of hydrogen-bond acceptors (Lipinski definition) is 3. The molecule has 90 valence electrons. The minimum atomic E-state index is -0.888. The molecule has 0 amide bonds. The monoisotopic (exact) mass is 223 g/mol. The number of aryl methyl sites for hydroxylation is 1. The maximum atomic E-state index is 9.73. The zero-order valence-corrected chi connectivity index (χ0v) is 9.76. The molecule has 0 radical (unpaired) electrons. The highest BCUT2D eigenvalue weighted by Gasteiger charge is 2.16. The third kappa shape index (κ3) is 3.59. The molecule has 3 nitrogen and oxygen atoms in total. The first kappa shape index (κ1) is 13.2. The average molecular weight is 223 g/mol. The lowest BCUT2D eigenvalue weighted by Gasteiger charge is -2.16. The third-order valence-corrected chi connectivity index (χ3v) is 2.75. The fourth-order valence-corrected chi connectivity index (χ4v) is 1.61. The number of hydrogen-bond donors (Lipinski definition) is 3. The van der Waals surface area contributed by atoms with Crippen LogP contribution in [0.3, 0.4) is 0 Å². The van der Waals surface area contributed by atoms with Crippen LogP contribution in [0.4, 0.5) is 0 Å². The topological polar surface area (TPSA) is 66.5 Å². The molecule has 0 aliphatic heterocycles. The van der Waals surface area contributed by atoms with Crippen LogP contribution in [0.1, 0.15) is 37.0 Å². The Balaban J connectivity index is 2.63. The number of unbranched alkanes of at least 4 members (excludes halogenated alkanes) is 1. The minimum Gasteiger partial charge on any atom is -0.389 e. The Bertz CT molecular complexity index is 297. The van der Waals surface area contributed by atoms with E-state index < -0.39 is 12.2 Å². The van der Waals surface area contributed by atoms with Crippen molar-refractivity contribution in [2.45, 2.75) is 38.4 Å². The largest absolute Gasteiger partial charge is 0.389 e. The molecule has 0 spiro atoms. The highest BCUT2D eigenvalue weighted by molar-refractivity contribution is 5.24. The molecule has 0 bridgehead atoms. The van der Waals surface area contributed by atoms with E-state index in [-0.39, 0.29) is 6.54 Å². The summed E-state index contributed by atoms with van der Waals surface area (Å²) in [7, 11) is 0. The van der Waals surface area contributed by atoms with E-state index in [1.807, 2.05) is 24.3 Å². The van der Waals surface area contributed by atoms with Crippen molar-refractivity contribution >= 4 is 0 Å². The summed E-state index contributed by atoms with van der Waals surface area (Å²) < 4.78 is 0. The van der Waals surface area contributed by atoms with Gasteiger partial charge in [-0.15, -0.1) is 0 Å². The zero-order valence-electron chi connectivity index (χ0n) is 9.76. The van der Waals surface area contributed by atoms with Gasteiger partial charge in [-0.3, -0.25) is 0 Å². The van der Waals surface area contributed by atoms with Crippen LogP contribution in [0, 0.1) is 0 Å². The van der Waals surface area contributed by atoms with Gasteiger partial charge >= 0.3 is 0 Å². The lowest BCUT2D eigenvalue weighted by Crippen LogP contribution is -2.27. The van der Waals surface area contributed by atoms with Crippen LogP contribution in [0.25, 0.3) is 0 Å². The van der Waals surface area contributed by atoms with Gasteiger partial charge in [0.25, 0.3) is 0 Å². The Labute approximate surface area is 96.9 Å². The lowest BCUT2D eigenvalue weighted by atomic mass is 10.0. The number of benzene rings is 1. The molecule has 0 fully saturated rings. The van der Waals surface area contributed by atoms with Gasteiger partial charge in [0.15, 0.2) is 0 Å². The van der Waals surface area contributed by atoms with E-state index in [2.05, 4.69) is 6.92 Å². The Morgan fingerprint density at radius 1 is 1.19 bits per heavy atom. The fourth-order valence-electron chi connectivity index (χ4n) is 1.61. The fraction of sp³-hybridized carbons (Fsp3) is 0.538. The van der Waals surface area contributed by atoms with Crippen LogP contribution in [0.5, 0.6) is 0 Å². The first-order valence-electron chi connectivity index (χ1n) is 5.84. The molecule has 3 heteroatoms. The van der Waals surface area contributed by atoms with Gasteiger partial charge in [0.05, 0.1) is 6.10 Å². The summed E-state index contributed by atoms with van der Waals surface area (Å²) in [5.41, 5.74) is 7.28. The van der Waals surface area contributed by atoms with E-state index in [4.69, 9.17) is 5.73 Å². The van der Waals surface area contributed by atoms with Gasteiger partial charge in [-0.1, -0.05) is 37.6 Å². The van der Waals surface area contributed by atoms with Gasteiger partial charge in [0.1, 0.15) is 6.10 Å². The molecule has 4 N–H and O–H groups in total. The van der Waals surface area contributed by atoms with Crippen molar-refractivity contribution in [1.29, 1.82) is 0 Å². The molecule has 0 saturated heterocycles. The molecule has 1 rings (SSSR count). The molecule has 0 aromatic heterocycles. The molecule has 1 aromatic rings. The van der Waals surface area contributed by atoms with Gasteiger partial charge in [0.2, 0.25) is 0 Å². The third-order valence-electron chi connectivity index (χ3n) is 2.75. The van der Waals surface area contributed by atoms with Crippen molar-refractivity contribution in [3.63, 3.8) is 0 Å². The van der Waals surface area contributed by atoms with Crippen molar-refractivity contribution < 1.29 is 10.2 Å². The van der Waals surface area contributed by atoms with E-state index in [0.29, 0.717) is 0 Å². The second kappa shape index (κ2) is 6.63. The van der Waals surface area contributed by atoms with Gasteiger partial charge in [-0.25, -0.2) is 0 Å². The SMILES string of the molecule is CCCCc1ccc(C(O)C(O)CN)cc1. The van der Waals surface area contributed by atoms with Crippen LogP contribution >= 0.6 is 0 Å². The number of nitrogens with two attached hydrogens (primary N) is 1. The second-order valence-corrected chi connectivity index (χ2v) is 4.09. The van der Waals surface area contributed by atoms with Crippen molar-refractivity contribution in [2.75, 3.05) is 6.54 Å². The highest BCUT2D eigenvalue weighted by Crippen LogP contribution is 2.17. The van der Waals surface area contributed by atoms with Crippen molar-refractivity contribution in [1.82, 2.24) is 0 Å². The molecule has 0 heterocycles. The predicted molar refractivity (Wildman–Crippen MR) is 65.1 cm³/mol. The molecule has 2 atom stereocenters. The molecule has 1 aromatic carbocycles. The highest BCUT2D eigenvalue weighted by atomic mass is 16.3. The first-order valence-corrected chi connectivity index (χ1v) is 5.84. The first-order chi connectivity index (χ1) is 7.69. The predicted octanol–water partition coefficient (Wildman–Crippen LogP) is 1.38. The van der Waals surface area contributed by atoms with Crippen LogP contribution in [-0.4, -0.2) is 22.9 Å². The van der Waals surface area contributed by atoms with E-state index in [9.17, 15) is 10.2 Å². The minimum absolute atomic E-state index is 0.0682. The van der Waals surface area contributed by atoms with E-state index in [1.54, 1.807) is 0 Å². The summed E-state index contributed by atoms with van der Waals surface area (Å²) >= 11 is 0. The molecular formula is C13H21NO2. The molecule has 0 aliphatic carbocycles. The second-order valence-electron chi connectivity index (χ2n) is 4.09. The van der Waals surface area contributed by atoms with Gasteiger partial charge in [0, 0.05) is 6.54 Å². The Morgan fingerprint density at radius 3 is 2.31 bits per heavy atom. The Kier molecular flexibility index (Phi) is 5.46. The zero-order chi connectivity index (χ0) is 12.0. The summed E-state index contributed by atoms with van der Waals surface area (Å²) in [6.07, 6.45) is 1.64. The smallest absolute Gasteiger partial charge is 0.106 e. The van der Waals surface area contributed by atoms with Crippen molar-refractivity contribution in [2.24, 2.45) is 5.73 Å². The molecule has 2 unspecified atom stereocenters. The summed E-state index contributed by atoms with van der Waals surface area (Å²) in [5.74, 6) is 0. The summed E-state index contributed by atoms with van der Waals surface area (Å²) in [5, 5.41) is 19.1.